The van der Waals surface area contributed by atoms with Crippen LogP contribution in [0.1, 0.15) is 64.7 Å². The highest BCUT2D eigenvalue weighted by Gasteiger charge is 2.23. The number of rotatable bonds is 12. The van der Waals surface area contributed by atoms with Crippen molar-refractivity contribution in [3.8, 4) is 0 Å². The van der Waals surface area contributed by atoms with E-state index >= 15 is 0 Å². The Morgan fingerprint density at radius 2 is 1.33 bits per heavy atom. The number of hydrogen-bond acceptors (Lipinski definition) is 2. The fourth-order valence-electron chi connectivity index (χ4n) is 1.91. The highest BCUT2D eigenvalue weighted by Crippen LogP contribution is 2.11. The van der Waals surface area contributed by atoms with Crippen LogP contribution in [0.3, 0.4) is 0 Å². The van der Waals surface area contributed by atoms with Gasteiger partial charge in [0.25, 0.3) is 0 Å². The van der Waals surface area contributed by atoms with Crippen LogP contribution in [-0.2, 0) is 8.85 Å². The molecule has 0 radical (unpaired) electrons. The van der Waals surface area contributed by atoms with E-state index in [1.807, 2.05) is 0 Å². The lowest BCUT2D eigenvalue weighted by Gasteiger charge is -2.17. The molecule has 0 saturated carbocycles. The molecule has 0 aromatic rings. The topological polar surface area (TPSA) is 18.5 Å². The summed E-state index contributed by atoms with van der Waals surface area (Å²) in [6.07, 6.45) is 14.4. The van der Waals surface area contributed by atoms with Gasteiger partial charge in [-0.3, -0.25) is 0 Å². The molecule has 0 spiro atoms. The maximum atomic E-state index is 5.40. The van der Waals surface area contributed by atoms with E-state index in [9.17, 15) is 0 Å². The summed E-state index contributed by atoms with van der Waals surface area (Å²) in [5.41, 5.74) is 2.15. The first kappa shape index (κ1) is 17.9. The van der Waals surface area contributed by atoms with Crippen molar-refractivity contribution in [1.82, 2.24) is 0 Å². The molecule has 0 aromatic carbocycles. The average molecular weight is 273 g/mol. The zero-order valence-electron chi connectivity index (χ0n) is 12.8. The molecule has 0 aromatic heterocycles. The summed E-state index contributed by atoms with van der Waals surface area (Å²) in [4.78, 5) is 0. The van der Waals surface area contributed by atoms with Gasteiger partial charge in [0.1, 0.15) is 0 Å². The molecule has 3 heteroatoms. The highest BCUT2D eigenvalue weighted by molar-refractivity contribution is 6.71. The van der Waals surface area contributed by atoms with Crippen LogP contribution < -0.4 is 0 Å². The van der Waals surface area contributed by atoms with E-state index in [0.717, 1.165) is 6.42 Å². The van der Waals surface area contributed by atoms with Gasteiger partial charge in [-0.15, -0.1) is 0 Å². The summed E-state index contributed by atoms with van der Waals surface area (Å²) >= 11 is 0. The minimum Gasteiger partial charge on any atom is -0.395 e. The van der Waals surface area contributed by atoms with Crippen LogP contribution in [0.4, 0.5) is 0 Å². The second-order valence-corrected chi connectivity index (χ2v) is 8.27. The van der Waals surface area contributed by atoms with Gasteiger partial charge >= 0.3 is 8.56 Å². The molecule has 0 atom stereocenters. The van der Waals surface area contributed by atoms with Crippen molar-refractivity contribution in [2.24, 2.45) is 0 Å². The zero-order chi connectivity index (χ0) is 13.7. The third kappa shape index (κ3) is 9.86. The Hall–Kier alpha value is -0.123. The van der Waals surface area contributed by atoms with Crippen LogP contribution in [0.2, 0.25) is 6.55 Å². The molecule has 0 aliphatic rings. The predicted octanol–water partition coefficient (Wildman–Crippen LogP) is 4.98. The molecule has 0 saturated heterocycles. The Labute approximate surface area is 115 Å². The molecule has 0 aliphatic carbocycles. The molecule has 0 heterocycles. The van der Waals surface area contributed by atoms with Crippen LogP contribution in [0.5, 0.6) is 0 Å². The molecule has 0 N–H and O–H groups in total. The Bertz CT molecular complexity index is 201. The van der Waals surface area contributed by atoms with Gasteiger partial charge in [0.2, 0.25) is 0 Å². The van der Waals surface area contributed by atoms with Crippen LogP contribution in [0.15, 0.2) is 11.8 Å². The quantitative estimate of drug-likeness (QED) is 0.368. The average Bonchev–Trinajstić information content (AvgIpc) is 2.40. The predicted molar refractivity (Wildman–Crippen MR) is 82.0 cm³/mol. The monoisotopic (exact) mass is 272 g/mol. The molecule has 2 nitrogen and oxygen atoms in total. The van der Waals surface area contributed by atoms with Crippen molar-refractivity contribution in [1.29, 1.82) is 0 Å². The van der Waals surface area contributed by atoms with Crippen molar-refractivity contribution in [2.45, 2.75) is 71.3 Å². The number of unbranched alkanes of at least 4 members (excludes halogenated alkanes) is 8. The Morgan fingerprint density at radius 3 is 1.83 bits per heavy atom. The van der Waals surface area contributed by atoms with E-state index in [4.69, 9.17) is 8.85 Å². The van der Waals surface area contributed by atoms with E-state index in [1.165, 1.54) is 51.4 Å². The van der Waals surface area contributed by atoms with Gasteiger partial charge in [-0.05, 0) is 25.1 Å². The summed E-state index contributed by atoms with van der Waals surface area (Å²) < 4.78 is 10.8. The van der Waals surface area contributed by atoms with Crippen LogP contribution in [0.25, 0.3) is 0 Å². The fraction of sp³-hybridized carbons (Fsp3) is 0.867. The van der Waals surface area contributed by atoms with E-state index in [0.29, 0.717) is 0 Å². The van der Waals surface area contributed by atoms with Crippen LogP contribution in [0, 0.1) is 0 Å². The van der Waals surface area contributed by atoms with Gasteiger partial charge < -0.3 is 8.85 Å². The maximum Gasteiger partial charge on any atom is 0.360 e. The molecule has 0 rings (SSSR count). The lowest BCUT2D eigenvalue weighted by Crippen LogP contribution is -2.33. The summed E-state index contributed by atoms with van der Waals surface area (Å²) in [6, 6.07) is 0. The van der Waals surface area contributed by atoms with Gasteiger partial charge in [0, 0.05) is 14.2 Å². The molecule has 108 valence electrons. The maximum absolute atomic E-state index is 5.40. The van der Waals surface area contributed by atoms with E-state index in [-0.39, 0.29) is 0 Å². The first-order valence-corrected chi connectivity index (χ1v) is 9.86. The van der Waals surface area contributed by atoms with E-state index in [1.54, 1.807) is 14.2 Å². The van der Waals surface area contributed by atoms with Crippen molar-refractivity contribution in [3.05, 3.63) is 11.8 Å². The second-order valence-electron chi connectivity index (χ2n) is 5.09. The molecule has 0 aliphatic heterocycles. The van der Waals surface area contributed by atoms with Crippen molar-refractivity contribution < 1.29 is 8.85 Å². The largest absolute Gasteiger partial charge is 0.395 e. The van der Waals surface area contributed by atoms with Crippen LogP contribution >= 0.6 is 0 Å². The van der Waals surface area contributed by atoms with Crippen molar-refractivity contribution in [3.63, 3.8) is 0 Å². The first-order valence-electron chi connectivity index (χ1n) is 7.46. The first-order chi connectivity index (χ1) is 8.68. The molecule has 0 bridgehead atoms. The lowest BCUT2D eigenvalue weighted by molar-refractivity contribution is 0.264. The van der Waals surface area contributed by atoms with Crippen molar-refractivity contribution in [2.75, 3.05) is 14.2 Å². The molecule has 0 fully saturated rings. The third-order valence-electron chi connectivity index (χ3n) is 3.46. The molecule has 0 unspecified atom stereocenters. The van der Waals surface area contributed by atoms with Gasteiger partial charge in [-0.1, -0.05) is 57.9 Å². The summed E-state index contributed by atoms with van der Waals surface area (Å²) in [5, 5.41) is 0. The van der Waals surface area contributed by atoms with E-state index in [2.05, 4.69) is 25.2 Å². The number of hydrogen-bond donors (Lipinski definition) is 0. The summed E-state index contributed by atoms with van der Waals surface area (Å²) in [5.74, 6) is 0. The SMILES string of the molecule is CCCCCCCCCC/C=C/[Si](C)(OC)OC. The molecule has 18 heavy (non-hydrogen) atoms. The minimum atomic E-state index is -1.97. The molecular formula is C15H32O2Si. The van der Waals surface area contributed by atoms with Crippen LogP contribution in [-0.4, -0.2) is 22.8 Å². The van der Waals surface area contributed by atoms with E-state index < -0.39 is 8.56 Å². The van der Waals surface area contributed by atoms with Crippen molar-refractivity contribution >= 4 is 8.56 Å². The van der Waals surface area contributed by atoms with Gasteiger partial charge in [0.05, 0.1) is 0 Å². The second kappa shape index (κ2) is 11.9. The fourth-order valence-corrected chi connectivity index (χ4v) is 2.95. The third-order valence-corrected chi connectivity index (χ3v) is 5.92. The Morgan fingerprint density at radius 1 is 0.833 bits per heavy atom. The number of allylic oxidation sites excluding steroid dienone is 1. The summed E-state index contributed by atoms with van der Waals surface area (Å²) in [6.45, 7) is 4.33. The smallest absolute Gasteiger partial charge is 0.360 e. The lowest BCUT2D eigenvalue weighted by atomic mass is 10.1. The summed E-state index contributed by atoms with van der Waals surface area (Å²) in [7, 11) is 1.50. The minimum absolute atomic E-state index is 1.16. The molecular weight excluding hydrogens is 240 g/mol. The van der Waals surface area contributed by atoms with Gasteiger partial charge in [0.15, 0.2) is 0 Å². The molecule has 0 amide bonds. The Kier molecular flexibility index (Phi) is 11.9. The standard InChI is InChI=1S/C15H32O2Si/c1-5-6-7-8-9-10-11-12-13-14-15-18(4,16-2)17-3/h14-15H,5-13H2,1-4H3/b15-14+. The van der Waals surface area contributed by atoms with Gasteiger partial charge in [-0.25, -0.2) is 0 Å². The Balaban J connectivity index is 3.37. The normalized spacial score (nSPS) is 12.4. The highest BCUT2D eigenvalue weighted by atomic mass is 28.4. The zero-order valence-corrected chi connectivity index (χ0v) is 13.8. The van der Waals surface area contributed by atoms with Gasteiger partial charge in [-0.2, -0.15) is 0 Å².